The molecule has 2 heterocycles. The number of pyridine rings is 1. The quantitative estimate of drug-likeness (QED) is 0.0937. The number of hydrogen-bond acceptors (Lipinski definition) is 5. The molecule has 6 nitrogen and oxygen atoms in total. The predicted octanol–water partition coefficient (Wildman–Crippen LogP) is 8.71. The van der Waals surface area contributed by atoms with E-state index in [0.29, 0.717) is 0 Å². The molecule has 0 aliphatic carbocycles. The summed E-state index contributed by atoms with van der Waals surface area (Å²) in [6.07, 6.45) is -15.8. The van der Waals surface area contributed by atoms with Gasteiger partial charge in [-0.15, -0.1) is 11.8 Å². The molecule has 0 N–H and O–H groups in total. The average molecular weight is 783 g/mol. The summed E-state index contributed by atoms with van der Waals surface area (Å²) < 4.78 is 365. The first kappa shape index (κ1) is 14.6. The van der Waals surface area contributed by atoms with Crippen LogP contribution in [0, 0.1) is 18.6 Å². The summed E-state index contributed by atoms with van der Waals surface area (Å²) in [6, 6.07) is -29.8. The van der Waals surface area contributed by atoms with Gasteiger partial charge >= 0.3 is 6.18 Å². The molecule has 12 heteroatoms. The van der Waals surface area contributed by atoms with Crippen LogP contribution in [0.25, 0.3) is 22.0 Å². The van der Waals surface area contributed by atoms with Gasteiger partial charge in [0.2, 0.25) is 5.91 Å². The molecule has 1 aliphatic heterocycles. The summed E-state index contributed by atoms with van der Waals surface area (Å²) in [5, 5.41) is -2.81. The highest BCUT2D eigenvalue weighted by Crippen LogP contribution is 2.32. The zero-order chi connectivity index (χ0) is 66.7. The number of piperidine rings is 1. The van der Waals surface area contributed by atoms with Crippen molar-refractivity contribution < 1.29 is 76.7 Å². The third kappa shape index (κ3) is 9.17. The summed E-state index contributed by atoms with van der Waals surface area (Å²) >= 11 is -0.295. The standard InChI is InChI=1S/C41H40F5N3O3S/c1-27-6-15-36-34(22-27)37(50)23-39(53-26-31-4-3-5-35(42)40(31)43)49(36)25-38(51)48(33-16-18-47(19-17-33)20-21-52-2)24-28-7-9-29(10-8-28)30-11-13-32(14-12-30)41(44,45)46/h3-15,22-23,33H,16-21,24-26H2,1-2H3/i2D3,3D,4D,5D,6D,7D,8D,9D,10D,11D,12D,13D,14D,15D,16D2,17D2,18D2,19D2,21D2,22D,23D,24D2,25D2,33D. The van der Waals surface area contributed by atoms with E-state index in [2.05, 4.69) is 4.74 Å². The van der Waals surface area contributed by atoms with E-state index in [1.807, 2.05) is 0 Å². The molecule has 4 aromatic carbocycles. The summed E-state index contributed by atoms with van der Waals surface area (Å²) in [5.74, 6) is -8.71. The number of halogens is 5. The van der Waals surface area contributed by atoms with Gasteiger partial charge in [-0.05, 0) is 66.6 Å². The number of carbonyl (C=O) groups is 1. The summed E-state index contributed by atoms with van der Waals surface area (Å²) in [6.45, 7) is -24.7. The Hall–Kier alpha value is -4.52. The van der Waals surface area contributed by atoms with Crippen LogP contribution in [0.2, 0.25) is 0 Å². The van der Waals surface area contributed by atoms with Crippen LogP contribution >= 0.6 is 11.8 Å². The molecule has 0 atom stereocenters. The lowest BCUT2D eigenvalue weighted by Gasteiger charge is -2.39. The fourth-order valence-electron chi connectivity index (χ4n) is 4.12. The van der Waals surface area contributed by atoms with Crippen molar-refractivity contribution in [2.45, 2.75) is 55.6 Å². The largest absolute Gasteiger partial charge is 0.416 e. The van der Waals surface area contributed by atoms with Crippen LogP contribution in [0.3, 0.4) is 0 Å². The van der Waals surface area contributed by atoms with Gasteiger partial charge in [0.15, 0.2) is 17.1 Å². The van der Waals surface area contributed by atoms with Crippen molar-refractivity contribution >= 4 is 28.6 Å². The number of nitrogens with zero attached hydrogens (tertiary/aromatic N) is 3. The van der Waals surface area contributed by atoms with Crippen molar-refractivity contribution in [3.8, 4) is 11.1 Å². The van der Waals surface area contributed by atoms with Gasteiger partial charge in [0.1, 0.15) is 6.50 Å². The third-order valence-electron chi connectivity index (χ3n) is 6.54. The Morgan fingerprint density at radius 1 is 1.04 bits per heavy atom. The topological polar surface area (TPSA) is 54.8 Å². The predicted molar refractivity (Wildman–Crippen MR) is 198 cm³/mol. The molecule has 1 fully saturated rings. The smallest absolute Gasteiger partial charge is 0.383 e. The SMILES string of the molecule is [2H]c1c([2H])c(F)c(F)c(CSc2c([2H])c(=O)c3c([2H])c(C)c([2H])c([2H])c3n2C([2H])([2H])C(=O)N(C([2H])([2H])c2c([2H])c([2H])c(-c3c([2H])c([2H])c(C(F)(F)F)c([2H])c3[2H])c([2H])c2[2H])C2([2H])C([2H])([2H])C([2H])([2H])N(CC([2H])([2H])OC([2H])([2H])[2H])C([2H])([2H])C2([2H])[2H])c1[2H]. The minimum absolute atomic E-state index is 0.295. The Labute approximate surface area is 355 Å². The molecule has 0 spiro atoms. The molecule has 0 bridgehead atoms. The van der Waals surface area contributed by atoms with Gasteiger partial charge < -0.3 is 19.1 Å². The van der Waals surface area contributed by atoms with Crippen molar-refractivity contribution in [2.75, 3.05) is 33.1 Å². The monoisotopic (exact) mass is 782 g/mol. The highest BCUT2D eigenvalue weighted by molar-refractivity contribution is 7.98. The number of likely N-dealkylation sites (tertiary alicyclic amines) is 1. The maximum atomic E-state index is 16.1. The van der Waals surface area contributed by atoms with E-state index >= 15 is 9.18 Å². The lowest BCUT2D eigenvalue weighted by atomic mass is 10.00. The number of aromatic nitrogens is 1. The average Bonchev–Trinajstić information content (AvgIpc) is 0.661. The zero-order valence-corrected chi connectivity index (χ0v) is 27.1. The maximum absolute atomic E-state index is 16.1. The van der Waals surface area contributed by atoms with Crippen molar-refractivity contribution in [1.29, 1.82) is 0 Å². The van der Waals surface area contributed by atoms with E-state index in [1.165, 1.54) is 0 Å². The molecule has 1 amide bonds. The van der Waals surface area contributed by atoms with E-state index < -0.39 is 254 Å². The number of ether oxygens (including phenoxy) is 1. The van der Waals surface area contributed by atoms with E-state index in [9.17, 15) is 34.7 Å². The van der Waals surface area contributed by atoms with Gasteiger partial charge in [0.25, 0.3) is 0 Å². The van der Waals surface area contributed by atoms with Crippen LogP contribution in [0.1, 0.15) is 80.2 Å². The van der Waals surface area contributed by atoms with Crippen LogP contribution < -0.4 is 5.43 Å². The Balaban J connectivity index is 1.85. The number of benzene rings is 4. The van der Waals surface area contributed by atoms with E-state index in [0.717, 1.165) is 6.92 Å². The third-order valence-corrected chi connectivity index (χ3v) is 7.53. The fraction of sp³-hybridized carbons (Fsp3) is 0.317. The van der Waals surface area contributed by atoms with Gasteiger partial charge in [-0.25, -0.2) is 8.78 Å². The number of methoxy groups -OCH3 is 1. The van der Waals surface area contributed by atoms with Crippen molar-refractivity contribution in [3.63, 3.8) is 0 Å². The highest BCUT2D eigenvalue weighted by atomic mass is 32.2. The minimum atomic E-state index is -5.63. The minimum Gasteiger partial charge on any atom is -0.383 e. The van der Waals surface area contributed by atoms with Crippen molar-refractivity contribution in [2.24, 2.45) is 0 Å². The molecule has 1 aliphatic rings. The molecule has 0 radical (unpaired) electrons. The molecule has 278 valence electrons. The van der Waals surface area contributed by atoms with Gasteiger partial charge in [0, 0.05) is 72.8 Å². The van der Waals surface area contributed by atoms with Crippen LogP contribution in [-0.4, -0.2) is 59.4 Å². The van der Waals surface area contributed by atoms with Crippen molar-refractivity contribution in [3.05, 3.63) is 135 Å². The first-order chi connectivity index (χ1) is 38.5. The van der Waals surface area contributed by atoms with E-state index in [1.54, 1.807) is 0 Å². The molecule has 0 saturated carbocycles. The second kappa shape index (κ2) is 16.7. The van der Waals surface area contributed by atoms with Gasteiger partial charge in [0.05, 0.1) is 56.9 Å². The van der Waals surface area contributed by atoms with Gasteiger partial charge in [-0.3, -0.25) is 9.59 Å². The molecule has 0 unspecified atom stereocenters. The molecule has 5 aromatic rings. The van der Waals surface area contributed by atoms with Gasteiger partial charge in [-0.2, -0.15) is 13.2 Å². The molecule has 53 heavy (non-hydrogen) atoms. The van der Waals surface area contributed by atoms with Crippen LogP contribution in [0.15, 0.2) is 100 Å². The number of alkyl halides is 3. The van der Waals surface area contributed by atoms with Gasteiger partial charge in [-0.1, -0.05) is 59.9 Å². The fourth-order valence-corrected chi connectivity index (χ4v) is 5.03. The summed E-state index contributed by atoms with van der Waals surface area (Å²) in [7, 11) is -3.80. The Morgan fingerprint density at radius 3 is 2.42 bits per heavy atom. The summed E-state index contributed by atoms with van der Waals surface area (Å²) in [5.41, 5.74) is -12.4. The number of amides is 1. The van der Waals surface area contributed by atoms with Crippen LogP contribution in [0.4, 0.5) is 22.0 Å². The first-order valence-corrected chi connectivity index (χ1v) is 15.3. The van der Waals surface area contributed by atoms with Crippen LogP contribution in [-0.2, 0) is 34.5 Å². The molecule has 1 saturated heterocycles. The Kier molecular flexibility index (Phi) is 4.59. The lowest BCUT2D eigenvalue weighted by Crippen LogP contribution is -2.48. The molecular weight excluding hydrogens is 710 g/mol. The normalized spacial score (nSPS) is 28.6. The lowest BCUT2D eigenvalue weighted by molar-refractivity contribution is -0.137. The van der Waals surface area contributed by atoms with E-state index in [4.69, 9.17) is 32.9 Å². The van der Waals surface area contributed by atoms with E-state index in [-0.39, 0.29) is 11.8 Å². The molecular formula is C41H40F5N3O3S. The second-order valence-corrected chi connectivity index (χ2v) is 11.1. The molecule has 1 aromatic heterocycles. The zero-order valence-electron chi connectivity index (χ0n) is 59.3. The number of carbonyl (C=O) groups excluding carboxylic acids is 1. The Bertz CT molecular complexity index is 3670. The Morgan fingerprint density at radius 2 is 1.74 bits per heavy atom. The number of fused-ring (bicyclic) bond motifs is 1. The molecule has 6 rings (SSSR count). The number of thioether (sulfide) groups is 1. The van der Waals surface area contributed by atoms with Crippen molar-refractivity contribution in [1.82, 2.24) is 14.4 Å². The number of hydrogen-bond donors (Lipinski definition) is 0. The highest BCUT2D eigenvalue weighted by Gasteiger charge is 2.31. The number of rotatable bonds is 12. The maximum Gasteiger partial charge on any atom is 0.416 e. The summed E-state index contributed by atoms with van der Waals surface area (Å²) in [4.78, 5) is 28.1. The second-order valence-electron chi connectivity index (χ2n) is 10.1. The first-order valence-electron chi connectivity index (χ1n) is 30.8. The van der Waals surface area contributed by atoms with Crippen LogP contribution in [0.5, 0.6) is 0 Å².